The minimum Gasteiger partial charge on any atom is -0.490 e. The first-order valence-corrected chi connectivity index (χ1v) is 11.7. The number of anilines is 1. The molecule has 1 atom stereocenters. The number of hydrogen-bond acceptors (Lipinski definition) is 5. The third-order valence-corrected chi connectivity index (χ3v) is 6.87. The molecule has 1 unspecified atom stereocenters. The molecule has 0 spiro atoms. The van der Waals surface area contributed by atoms with Gasteiger partial charge in [0.2, 0.25) is 11.8 Å². The summed E-state index contributed by atoms with van der Waals surface area (Å²) in [6.07, 6.45) is 1.71. The van der Waals surface area contributed by atoms with Gasteiger partial charge in [-0.05, 0) is 37.3 Å². The van der Waals surface area contributed by atoms with Crippen LogP contribution >= 0.6 is 23.4 Å². The molecule has 2 aliphatic heterocycles. The van der Waals surface area contributed by atoms with Gasteiger partial charge in [0.05, 0.1) is 17.5 Å². The third kappa shape index (κ3) is 5.28. The van der Waals surface area contributed by atoms with E-state index in [4.69, 9.17) is 21.1 Å². The van der Waals surface area contributed by atoms with E-state index < -0.39 is 5.25 Å². The average molecular weight is 461 g/mol. The van der Waals surface area contributed by atoms with Gasteiger partial charge >= 0.3 is 0 Å². The highest BCUT2D eigenvalue weighted by atomic mass is 35.5. The van der Waals surface area contributed by atoms with Crippen molar-refractivity contribution in [2.45, 2.75) is 42.4 Å². The van der Waals surface area contributed by atoms with Crippen LogP contribution in [0.25, 0.3) is 0 Å². The number of carbonyl (C=O) groups is 2. The maximum Gasteiger partial charge on any atom is 0.238 e. The Morgan fingerprint density at radius 3 is 2.68 bits per heavy atom. The summed E-state index contributed by atoms with van der Waals surface area (Å²) in [4.78, 5) is 28.0. The van der Waals surface area contributed by atoms with Crippen molar-refractivity contribution in [1.82, 2.24) is 4.90 Å². The van der Waals surface area contributed by atoms with Crippen LogP contribution in [-0.4, -0.2) is 47.8 Å². The Hall–Kier alpha value is -2.38. The van der Waals surface area contributed by atoms with Crippen molar-refractivity contribution in [2.75, 3.05) is 25.0 Å². The van der Waals surface area contributed by atoms with Gasteiger partial charge in [0.15, 0.2) is 11.5 Å². The van der Waals surface area contributed by atoms with Crippen LogP contribution < -0.4 is 14.8 Å². The minimum atomic E-state index is -0.437. The van der Waals surface area contributed by atoms with Crippen molar-refractivity contribution in [3.05, 3.63) is 47.5 Å². The van der Waals surface area contributed by atoms with E-state index in [1.54, 1.807) is 12.1 Å². The van der Waals surface area contributed by atoms with Crippen LogP contribution in [0.1, 0.15) is 26.2 Å². The molecule has 1 saturated heterocycles. The number of thioether (sulfide) groups is 1. The maximum absolute atomic E-state index is 12.8. The number of rotatable bonds is 6. The normalized spacial score (nSPS) is 18.8. The van der Waals surface area contributed by atoms with Gasteiger partial charge in [-0.1, -0.05) is 23.7 Å². The van der Waals surface area contributed by atoms with Gasteiger partial charge in [0.1, 0.15) is 6.10 Å². The second-order valence-electron chi connectivity index (χ2n) is 7.52. The van der Waals surface area contributed by atoms with Crippen LogP contribution in [0.2, 0.25) is 5.02 Å². The molecular weight excluding hydrogens is 436 g/mol. The predicted octanol–water partition coefficient (Wildman–Crippen LogP) is 4.61. The van der Waals surface area contributed by atoms with E-state index in [1.807, 2.05) is 42.2 Å². The van der Waals surface area contributed by atoms with E-state index in [0.717, 1.165) is 29.2 Å². The summed E-state index contributed by atoms with van der Waals surface area (Å²) in [7, 11) is 0. The summed E-state index contributed by atoms with van der Waals surface area (Å²) in [6, 6.07) is 13.1. The number of amides is 2. The Morgan fingerprint density at radius 1 is 1.19 bits per heavy atom. The zero-order valence-electron chi connectivity index (χ0n) is 17.3. The van der Waals surface area contributed by atoms with Crippen molar-refractivity contribution in [2.24, 2.45) is 0 Å². The van der Waals surface area contributed by atoms with E-state index in [9.17, 15) is 9.59 Å². The lowest BCUT2D eigenvalue weighted by molar-refractivity contribution is -0.134. The van der Waals surface area contributed by atoms with Crippen LogP contribution in [0.5, 0.6) is 11.5 Å². The Balaban J connectivity index is 1.30. The number of hydrogen-bond donors (Lipinski definition) is 1. The molecule has 0 bridgehead atoms. The molecule has 164 valence electrons. The fourth-order valence-electron chi connectivity index (χ4n) is 3.77. The molecule has 8 heteroatoms. The average Bonchev–Trinajstić information content (AvgIpc) is 2.76. The fraction of sp³-hybridized carbons (Fsp3) is 0.391. The molecule has 0 radical (unpaired) electrons. The molecule has 2 aliphatic rings. The monoisotopic (exact) mass is 460 g/mol. The predicted molar refractivity (Wildman–Crippen MR) is 122 cm³/mol. The van der Waals surface area contributed by atoms with Gasteiger partial charge in [0.25, 0.3) is 0 Å². The Labute approximate surface area is 191 Å². The largest absolute Gasteiger partial charge is 0.490 e. The molecule has 1 N–H and O–H groups in total. The second-order valence-corrected chi connectivity index (χ2v) is 9.20. The molecule has 6 nitrogen and oxygen atoms in total. The van der Waals surface area contributed by atoms with E-state index in [1.165, 1.54) is 11.8 Å². The highest BCUT2D eigenvalue weighted by Crippen LogP contribution is 2.38. The maximum atomic E-state index is 12.8. The van der Waals surface area contributed by atoms with Crippen molar-refractivity contribution in [3.63, 3.8) is 0 Å². The summed E-state index contributed by atoms with van der Waals surface area (Å²) in [5.74, 6) is 1.32. The third-order valence-electron chi connectivity index (χ3n) is 5.36. The molecule has 0 saturated carbocycles. The zero-order valence-corrected chi connectivity index (χ0v) is 18.9. The SMILES string of the molecule is CCOc1ccccc1OC1CCN(C(=O)CC2Sc3ccc(Cl)cc3NC2=O)CC1. The fourth-order valence-corrected chi connectivity index (χ4v) is 5.02. The molecule has 2 heterocycles. The minimum absolute atomic E-state index is 0.00164. The van der Waals surface area contributed by atoms with Crippen molar-refractivity contribution in [1.29, 1.82) is 0 Å². The van der Waals surface area contributed by atoms with Crippen LogP contribution in [0.4, 0.5) is 5.69 Å². The first-order chi connectivity index (χ1) is 15.0. The summed E-state index contributed by atoms with van der Waals surface area (Å²) < 4.78 is 11.8. The highest BCUT2D eigenvalue weighted by Gasteiger charge is 2.32. The Morgan fingerprint density at radius 2 is 1.94 bits per heavy atom. The van der Waals surface area contributed by atoms with Crippen LogP contribution in [0, 0.1) is 0 Å². The smallest absolute Gasteiger partial charge is 0.238 e. The van der Waals surface area contributed by atoms with Crippen molar-refractivity contribution < 1.29 is 19.1 Å². The van der Waals surface area contributed by atoms with Crippen molar-refractivity contribution in [3.8, 4) is 11.5 Å². The van der Waals surface area contributed by atoms with E-state index in [-0.39, 0.29) is 24.3 Å². The molecule has 4 rings (SSSR count). The number of carbonyl (C=O) groups excluding carboxylic acids is 2. The van der Waals surface area contributed by atoms with E-state index >= 15 is 0 Å². The molecule has 2 aromatic carbocycles. The number of nitrogens with one attached hydrogen (secondary N) is 1. The standard InChI is InChI=1S/C23H25ClN2O4S/c1-2-29-18-5-3-4-6-19(18)30-16-9-11-26(12-10-16)22(27)14-21-23(28)25-17-13-15(24)7-8-20(17)31-21/h3-8,13,16,21H,2,9-12,14H2,1H3,(H,25,28). The molecule has 2 aromatic rings. The van der Waals surface area contributed by atoms with Crippen LogP contribution in [0.15, 0.2) is 47.4 Å². The van der Waals surface area contributed by atoms with Gasteiger partial charge in [-0.15, -0.1) is 11.8 Å². The first-order valence-electron chi connectivity index (χ1n) is 10.5. The highest BCUT2D eigenvalue weighted by molar-refractivity contribution is 8.01. The molecule has 0 aromatic heterocycles. The topological polar surface area (TPSA) is 67.9 Å². The number of nitrogens with zero attached hydrogens (tertiary/aromatic N) is 1. The van der Waals surface area contributed by atoms with Crippen molar-refractivity contribution >= 4 is 40.9 Å². The number of benzene rings is 2. The summed E-state index contributed by atoms with van der Waals surface area (Å²) in [6.45, 7) is 3.76. The van der Waals surface area contributed by atoms with Gasteiger partial charge in [-0.2, -0.15) is 0 Å². The van der Waals surface area contributed by atoms with E-state index in [2.05, 4.69) is 5.32 Å². The Bertz CT molecular complexity index is 962. The Kier molecular flexibility index (Phi) is 6.92. The van der Waals surface area contributed by atoms with Gasteiger partial charge < -0.3 is 19.7 Å². The number of likely N-dealkylation sites (tertiary alicyclic amines) is 1. The number of ether oxygens (including phenoxy) is 2. The zero-order chi connectivity index (χ0) is 21.8. The molecule has 0 aliphatic carbocycles. The van der Waals surface area contributed by atoms with E-state index in [0.29, 0.717) is 30.4 Å². The summed E-state index contributed by atoms with van der Waals surface area (Å²) >= 11 is 7.41. The van der Waals surface area contributed by atoms with Gasteiger partial charge in [0, 0.05) is 42.3 Å². The number of halogens is 1. The van der Waals surface area contributed by atoms with Gasteiger partial charge in [-0.25, -0.2) is 0 Å². The molecule has 1 fully saturated rings. The first kappa shape index (κ1) is 21.8. The molecule has 2 amide bonds. The lowest BCUT2D eigenvalue weighted by Crippen LogP contribution is -2.44. The van der Waals surface area contributed by atoms with Crippen LogP contribution in [-0.2, 0) is 9.59 Å². The summed E-state index contributed by atoms with van der Waals surface area (Å²) in [5.41, 5.74) is 0.705. The van der Waals surface area contributed by atoms with Gasteiger partial charge in [-0.3, -0.25) is 9.59 Å². The molecular formula is C23H25ClN2O4S. The lowest BCUT2D eigenvalue weighted by Gasteiger charge is -2.33. The quantitative estimate of drug-likeness (QED) is 0.681. The number of fused-ring (bicyclic) bond motifs is 1. The summed E-state index contributed by atoms with van der Waals surface area (Å²) in [5, 5.41) is 3.00. The molecule has 31 heavy (non-hydrogen) atoms. The van der Waals surface area contributed by atoms with Crippen LogP contribution in [0.3, 0.4) is 0 Å². The lowest BCUT2D eigenvalue weighted by atomic mass is 10.1. The number of piperidine rings is 1. The number of para-hydroxylation sites is 2. The second kappa shape index (κ2) is 9.83.